The van der Waals surface area contributed by atoms with Gasteiger partial charge in [0.1, 0.15) is 0 Å². The first kappa shape index (κ1) is 68.9. The molecule has 0 saturated carbocycles. The highest BCUT2D eigenvalue weighted by molar-refractivity contribution is 7.00. The lowest BCUT2D eigenvalue weighted by molar-refractivity contribution is 0.590. The van der Waals surface area contributed by atoms with E-state index < -0.39 is 5.41 Å². The van der Waals surface area contributed by atoms with Crippen LogP contribution in [0.3, 0.4) is 0 Å². The molecule has 2 aliphatic heterocycles. The monoisotopic (exact) mass is 1440 g/mol. The van der Waals surface area contributed by atoms with Crippen LogP contribution >= 0.6 is 0 Å². The minimum absolute atomic E-state index is 0.341. The van der Waals surface area contributed by atoms with Crippen LogP contribution in [-0.2, 0) is 5.41 Å². The highest BCUT2D eigenvalue weighted by Crippen LogP contribution is 2.56. The maximum atomic E-state index is 10.7. The van der Waals surface area contributed by atoms with E-state index in [1.54, 1.807) is 0 Å². The van der Waals surface area contributed by atoms with Gasteiger partial charge in [0.15, 0.2) is 5.69 Å². The third-order valence-corrected chi connectivity index (χ3v) is 22.6. The van der Waals surface area contributed by atoms with E-state index in [1.807, 2.05) is 36.4 Å². The Hall–Kier alpha value is -14.6. The van der Waals surface area contributed by atoms with E-state index in [0.29, 0.717) is 11.3 Å². The Balaban J connectivity index is 0.996. The van der Waals surface area contributed by atoms with Crippen molar-refractivity contribution in [3.63, 3.8) is 0 Å². The first-order valence-electron chi connectivity index (χ1n) is 38.7. The Bertz CT molecular complexity index is 6010. The van der Waals surface area contributed by atoms with E-state index in [4.69, 9.17) is 6.57 Å². The van der Waals surface area contributed by atoms with E-state index >= 15 is 0 Å². The summed E-state index contributed by atoms with van der Waals surface area (Å²) in [5, 5.41) is 10.7. The fourth-order valence-corrected chi connectivity index (χ4v) is 17.0. The van der Waals surface area contributed by atoms with Crippen molar-refractivity contribution in [3.05, 3.63) is 423 Å². The summed E-state index contributed by atoms with van der Waals surface area (Å²) in [4.78, 5) is 9.35. The molecule has 17 aromatic carbocycles. The van der Waals surface area contributed by atoms with Crippen molar-refractivity contribution in [2.75, 3.05) is 9.80 Å². The van der Waals surface area contributed by atoms with Gasteiger partial charge in [-0.15, -0.1) is 0 Å². The predicted molar refractivity (Wildman–Crippen MR) is 475 cm³/mol. The van der Waals surface area contributed by atoms with Crippen LogP contribution in [0, 0.1) is 17.9 Å². The molecule has 5 heteroatoms. The van der Waals surface area contributed by atoms with Crippen molar-refractivity contribution in [3.8, 4) is 140 Å². The number of hydrogen-bond acceptors (Lipinski definition) is 3. The van der Waals surface area contributed by atoms with Gasteiger partial charge < -0.3 is 9.80 Å². The van der Waals surface area contributed by atoms with Crippen molar-refractivity contribution in [2.45, 2.75) is 26.2 Å². The fourth-order valence-electron chi connectivity index (χ4n) is 17.0. The zero-order valence-corrected chi connectivity index (χ0v) is 63.0. The number of nitrogens with zero attached hydrogens (tertiary/aromatic N) is 4. The molecule has 4 nitrogen and oxygen atoms in total. The molecule has 0 radical (unpaired) electrons. The van der Waals surface area contributed by atoms with Gasteiger partial charge in [-0.3, -0.25) is 0 Å². The molecule has 530 valence electrons. The predicted octanol–water partition coefficient (Wildman–Crippen LogP) is 27.5. The zero-order valence-electron chi connectivity index (χ0n) is 63.0. The van der Waals surface area contributed by atoms with Crippen LogP contribution in [0.25, 0.3) is 138 Å². The first-order chi connectivity index (χ1) is 55.5. The lowest BCUT2D eigenvalue weighted by Crippen LogP contribution is -2.61. The molecular weight excluding hydrogens is 1360 g/mol. The van der Waals surface area contributed by atoms with Gasteiger partial charge in [-0.05, 0) is 230 Å². The largest absolute Gasteiger partial charge is 0.310 e. The fraction of sp³-hybridized carbons (Fsp3) is 0.0370. The standard InChI is InChI=1S/C108H75BN4/c1-108(2,3)93-69-103-105-104(70-93)113(107-97(89-50-26-45-82(60-89)75-34-15-7-16-35-75)65-92(84-47-28-52-94(62-84)111-4)66-98(107)90-51-27-46-83(61-90)76-36-17-8-18-37-76)102-56-54-86(78-40-21-10-22-41-78)68-100(102)109(105)99-67-85(77-38-19-9-20-39-77)53-55-101(99)112(103)106-95(87-48-24-43-80(58-87)73-30-11-5-12-31-73)63-91(79-42-23-29-72(57-79)71-110)64-96(106)88-49-25-44-81(59-88)74-32-13-6-14-33-74/h5-70H,1-3H3. The molecule has 2 aliphatic rings. The van der Waals surface area contributed by atoms with E-state index in [1.165, 1.54) is 0 Å². The van der Waals surface area contributed by atoms with Crippen LogP contribution in [0.5, 0.6) is 0 Å². The van der Waals surface area contributed by atoms with Gasteiger partial charge in [0.25, 0.3) is 6.71 Å². The Labute approximate surface area is 662 Å². The zero-order chi connectivity index (χ0) is 76.1. The summed E-state index contributed by atoms with van der Waals surface area (Å²) >= 11 is 0. The Kier molecular flexibility index (Phi) is 17.7. The molecular formula is C108H75BN4. The molecule has 0 spiro atoms. The van der Waals surface area contributed by atoms with Gasteiger partial charge in [0.05, 0.1) is 29.6 Å². The number of rotatable bonds is 14. The summed E-state index contributed by atoms with van der Waals surface area (Å²) in [7, 11) is 0. The molecule has 0 saturated heterocycles. The van der Waals surface area contributed by atoms with Gasteiger partial charge in [-0.1, -0.05) is 330 Å². The van der Waals surface area contributed by atoms with Crippen molar-refractivity contribution < 1.29 is 0 Å². The summed E-state index contributed by atoms with van der Waals surface area (Å²) in [6, 6.07) is 149. The lowest BCUT2D eigenvalue weighted by Gasteiger charge is -2.46. The molecule has 0 aromatic heterocycles. The highest BCUT2D eigenvalue weighted by Gasteiger charge is 2.46. The summed E-state index contributed by atoms with van der Waals surface area (Å²) in [6.45, 7) is 15.1. The van der Waals surface area contributed by atoms with Crippen LogP contribution in [-0.4, -0.2) is 6.71 Å². The smallest absolute Gasteiger partial charge is 0.252 e. The second-order valence-electron chi connectivity index (χ2n) is 30.5. The normalized spacial score (nSPS) is 12.0. The van der Waals surface area contributed by atoms with Gasteiger partial charge in [-0.2, -0.15) is 5.26 Å². The summed E-state index contributed by atoms with van der Waals surface area (Å²) < 4.78 is 0. The summed E-state index contributed by atoms with van der Waals surface area (Å²) in [5.41, 5.74) is 37.1. The molecule has 0 fully saturated rings. The van der Waals surface area contributed by atoms with Crippen LogP contribution in [0.1, 0.15) is 31.9 Å². The average Bonchev–Trinajstić information content (AvgIpc) is 0.685. The maximum Gasteiger partial charge on any atom is 0.252 e. The quantitative estimate of drug-likeness (QED) is 0.0804. The Morgan fingerprint density at radius 2 is 0.549 bits per heavy atom. The number of anilines is 6. The maximum absolute atomic E-state index is 10.7. The van der Waals surface area contributed by atoms with Crippen molar-refractivity contribution in [2.24, 2.45) is 0 Å². The second-order valence-corrected chi connectivity index (χ2v) is 30.5. The molecule has 0 bridgehead atoms. The molecule has 17 aromatic rings. The SMILES string of the molecule is [C-]#[N+]c1cccc(-c2cc(-c3cccc(-c4ccccc4)c3)c(N3c4ccc(-c5ccccc5)cc4B4c5cc(-c6ccccc6)ccc5N(c5c(-c6cccc(-c7ccccc7)c6)cc(-c6cccc(C#N)c6)cc5-c5cccc(-c6ccccc6)c5)c5cc(C(C)(C)C)cc3c54)c(-c3cccc(-c4ccccc4)c3)c2)c1. The molecule has 0 atom stereocenters. The molecule has 0 N–H and O–H groups in total. The molecule has 19 rings (SSSR count). The Morgan fingerprint density at radius 1 is 0.265 bits per heavy atom. The number of benzene rings is 17. The minimum Gasteiger partial charge on any atom is -0.310 e. The lowest BCUT2D eigenvalue weighted by atomic mass is 9.33. The first-order valence-corrected chi connectivity index (χ1v) is 38.7. The third-order valence-electron chi connectivity index (χ3n) is 22.6. The second kappa shape index (κ2) is 29.1. The van der Waals surface area contributed by atoms with E-state index in [9.17, 15) is 5.26 Å². The van der Waals surface area contributed by atoms with Crippen LogP contribution in [0.15, 0.2) is 400 Å². The van der Waals surface area contributed by atoms with E-state index in [2.05, 4.69) is 405 Å². The third kappa shape index (κ3) is 13.0. The number of hydrogen-bond donors (Lipinski definition) is 0. The van der Waals surface area contributed by atoms with Crippen molar-refractivity contribution in [1.29, 1.82) is 5.26 Å². The van der Waals surface area contributed by atoms with Gasteiger partial charge >= 0.3 is 0 Å². The van der Waals surface area contributed by atoms with Crippen LogP contribution in [0.4, 0.5) is 39.8 Å². The van der Waals surface area contributed by atoms with Crippen molar-refractivity contribution >= 4 is 62.9 Å². The van der Waals surface area contributed by atoms with Crippen molar-refractivity contribution in [1.82, 2.24) is 0 Å². The molecule has 2 heterocycles. The van der Waals surface area contributed by atoms with E-state index in [0.717, 1.165) is 190 Å². The van der Waals surface area contributed by atoms with Gasteiger partial charge in [-0.25, -0.2) is 4.85 Å². The molecule has 0 aliphatic carbocycles. The molecule has 0 amide bonds. The molecule has 0 unspecified atom stereocenters. The van der Waals surface area contributed by atoms with Crippen LogP contribution in [0.2, 0.25) is 0 Å². The average molecular weight is 1440 g/mol. The summed E-state index contributed by atoms with van der Waals surface area (Å²) in [6.07, 6.45) is 0. The summed E-state index contributed by atoms with van der Waals surface area (Å²) in [5.74, 6) is 0. The van der Waals surface area contributed by atoms with Gasteiger partial charge in [0, 0.05) is 45.0 Å². The molecule has 113 heavy (non-hydrogen) atoms. The number of nitriles is 1. The van der Waals surface area contributed by atoms with Crippen LogP contribution < -0.4 is 26.2 Å². The van der Waals surface area contributed by atoms with E-state index in [-0.39, 0.29) is 6.71 Å². The highest BCUT2D eigenvalue weighted by atomic mass is 15.2. The topological polar surface area (TPSA) is 34.6 Å². The Morgan fingerprint density at radius 3 is 0.867 bits per heavy atom. The number of fused-ring (bicyclic) bond motifs is 4. The van der Waals surface area contributed by atoms with Gasteiger partial charge in [0.2, 0.25) is 0 Å². The minimum atomic E-state index is -0.417.